The van der Waals surface area contributed by atoms with Crippen LogP contribution < -0.4 is 5.32 Å². The van der Waals surface area contributed by atoms with Crippen molar-refractivity contribution in [3.63, 3.8) is 0 Å². The maximum Gasteiger partial charge on any atom is 0.407 e. The van der Waals surface area contributed by atoms with Crippen LogP contribution in [0.25, 0.3) is 0 Å². The van der Waals surface area contributed by atoms with E-state index in [1.807, 2.05) is 6.08 Å². The average molecular weight is 239 g/mol. The van der Waals surface area contributed by atoms with E-state index in [9.17, 15) is 4.79 Å². The second-order valence-electron chi connectivity index (χ2n) is 3.98. The van der Waals surface area contributed by atoms with Gasteiger partial charge in [-0.15, -0.1) is 0 Å². The van der Waals surface area contributed by atoms with Gasteiger partial charge in [-0.05, 0) is 25.2 Å². The van der Waals surface area contributed by atoms with E-state index in [1.54, 1.807) is 7.11 Å². The van der Waals surface area contributed by atoms with Crippen LogP contribution in [0.2, 0.25) is 0 Å². The first-order chi connectivity index (χ1) is 8.33. The summed E-state index contributed by atoms with van der Waals surface area (Å²) in [6, 6.07) is 0. The molecule has 96 valence electrons. The number of ether oxygens (including phenoxy) is 2. The van der Waals surface area contributed by atoms with Gasteiger partial charge in [-0.3, -0.25) is 0 Å². The van der Waals surface area contributed by atoms with Crippen LogP contribution in [0.1, 0.15) is 19.3 Å². The number of amides is 1. The van der Waals surface area contributed by atoms with Crippen molar-refractivity contribution in [2.75, 3.05) is 26.9 Å². The van der Waals surface area contributed by atoms with Gasteiger partial charge in [0.05, 0.1) is 6.61 Å². The van der Waals surface area contributed by atoms with Crippen LogP contribution in [-0.4, -0.2) is 33.0 Å². The number of methoxy groups -OCH3 is 1. The number of hydrogen-bond acceptors (Lipinski definition) is 3. The summed E-state index contributed by atoms with van der Waals surface area (Å²) >= 11 is 0. The summed E-state index contributed by atoms with van der Waals surface area (Å²) in [6.07, 6.45) is 11.7. The molecule has 1 aliphatic carbocycles. The molecule has 0 aliphatic heterocycles. The van der Waals surface area contributed by atoms with E-state index in [2.05, 4.69) is 23.5 Å². The van der Waals surface area contributed by atoms with E-state index < -0.39 is 6.09 Å². The number of carbonyl (C=O) groups is 1. The molecular formula is C13H21NO3. The minimum absolute atomic E-state index is 0.291. The molecule has 0 radical (unpaired) electrons. The summed E-state index contributed by atoms with van der Waals surface area (Å²) in [6.45, 7) is 1.24. The third kappa shape index (κ3) is 6.79. The van der Waals surface area contributed by atoms with Crippen LogP contribution in [0.3, 0.4) is 0 Å². The second-order valence-corrected chi connectivity index (χ2v) is 3.98. The van der Waals surface area contributed by atoms with Crippen LogP contribution in [0.4, 0.5) is 4.79 Å². The lowest BCUT2D eigenvalue weighted by molar-refractivity contribution is 0.0992. The van der Waals surface area contributed by atoms with Crippen molar-refractivity contribution in [2.45, 2.75) is 19.3 Å². The van der Waals surface area contributed by atoms with Crippen LogP contribution in [-0.2, 0) is 9.47 Å². The molecule has 0 aromatic heterocycles. The highest BCUT2D eigenvalue weighted by Gasteiger charge is 2.05. The van der Waals surface area contributed by atoms with Gasteiger partial charge in [-0.25, -0.2) is 4.79 Å². The molecule has 1 N–H and O–H groups in total. The Kier molecular flexibility index (Phi) is 7.14. The highest BCUT2D eigenvalue weighted by Crippen LogP contribution is 2.18. The van der Waals surface area contributed by atoms with E-state index in [0.29, 0.717) is 25.7 Å². The van der Waals surface area contributed by atoms with E-state index in [1.165, 1.54) is 6.42 Å². The summed E-state index contributed by atoms with van der Waals surface area (Å²) in [5, 5.41) is 2.66. The molecule has 1 amide bonds. The monoisotopic (exact) mass is 239 g/mol. The maximum absolute atomic E-state index is 11.1. The Bertz CT molecular complexity index is 274. The Hall–Kier alpha value is -1.29. The number of nitrogens with one attached hydrogen (secondary N) is 1. The molecule has 0 aromatic rings. The highest BCUT2D eigenvalue weighted by atomic mass is 16.6. The maximum atomic E-state index is 11.1. The van der Waals surface area contributed by atoms with Crippen molar-refractivity contribution in [3.8, 4) is 0 Å². The molecule has 17 heavy (non-hydrogen) atoms. The molecule has 1 aliphatic rings. The molecule has 0 bridgehead atoms. The van der Waals surface area contributed by atoms with Crippen LogP contribution in [0, 0.1) is 5.92 Å². The lowest BCUT2D eigenvalue weighted by Crippen LogP contribution is -2.25. The fraction of sp³-hybridized carbons (Fsp3) is 0.615. The van der Waals surface area contributed by atoms with Crippen molar-refractivity contribution in [3.05, 3.63) is 24.3 Å². The summed E-state index contributed by atoms with van der Waals surface area (Å²) in [5.74, 6) is 0.617. The molecule has 4 nitrogen and oxygen atoms in total. The topological polar surface area (TPSA) is 47.6 Å². The third-order valence-corrected chi connectivity index (χ3v) is 2.60. The molecular weight excluding hydrogens is 218 g/mol. The number of hydrogen-bond donors (Lipinski definition) is 1. The quantitative estimate of drug-likeness (QED) is 0.571. The van der Waals surface area contributed by atoms with Crippen LogP contribution in [0.15, 0.2) is 24.3 Å². The van der Waals surface area contributed by atoms with Gasteiger partial charge in [0.1, 0.15) is 6.61 Å². The van der Waals surface area contributed by atoms with Gasteiger partial charge in [0.15, 0.2) is 0 Å². The van der Waals surface area contributed by atoms with Gasteiger partial charge >= 0.3 is 6.09 Å². The van der Waals surface area contributed by atoms with Crippen molar-refractivity contribution >= 4 is 6.09 Å². The Balaban J connectivity index is 2.04. The zero-order valence-electron chi connectivity index (χ0n) is 10.4. The predicted molar refractivity (Wildman–Crippen MR) is 66.8 cm³/mol. The first kappa shape index (κ1) is 13.8. The normalized spacial score (nSPS) is 19.5. The number of allylic oxidation sites excluding steroid dienone is 3. The van der Waals surface area contributed by atoms with E-state index >= 15 is 0 Å². The molecule has 0 fully saturated rings. The second kappa shape index (κ2) is 8.82. The lowest BCUT2D eigenvalue weighted by atomic mass is 9.94. The lowest BCUT2D eigenvalue weighted by Gasteiger charge is -2.12. The van der Waals surface area contributed by atoms with Gasteiger partial charge in [-0.2, -0.15) is 0 Å². The SMILES string of the molecule is COCCOC(=O)NCC=CC1CC=CCC1. The molecule has 1 unspecified atom stereocenters. The van der Waals surface area contributed by atoms with E-state index in [4.69, 9.17) is 9.47 Å². The van der Waals surface area contributed by atoms with Gasteiger partial charge in [-0.1, -0.05) is 24.3 Å². The largest absolute Gasteiger partial charge is 0.447 e. The van der Waals surface area contributed by atoms with E-state index in [0.717, 1.165) is 12.8 Å². The Morgan fingerprint density at radius 2 is 2.35 bits per heavy atom. The van der Waals surface area contributed by atoms with Gasteiger partial charge in [0.2, 0.25) is 0 Å². The third-order valence-electron chi connectivity index (χ3n) is 2.60. The molecule has 1 rings (SSSR count). The van der Waals surface area contributed by atoms with Gasteiger partial charge < -0.3 is 14.8 Å². The molecule has 0 heterocycles. The van der Waals surface area contributed by atoms with Gasteiger partial charge in [0, 0.05) is 13.7 Å². The molecule has 1 atom stereocenters. The van der Waals surface area contributed by atoms with Gasteiger partial charge in [0.25, 0.3) is 0 Å². The van der Waals surface area contributed by atoms with Crippen molar-refractivity contribution in [1.29, 1.82) is 0 Å². The van der Waals surface area contributed by atoms with Crippen LogP contribution in [0.5, 0.6) is 0 Å². The molecule has 0 aromatic carbocycles. The van der Waals surface area contributed by atoms with Crippen molar-refractivity contribution in [2.24, 2.45) is 5.92 Å². The minimum Gasteiger partial charge on any atom is -0.447 e. The van der Waals surface area contributed by atoms with E-state index in [-0.39, 0.29) is 0 Å². The predicted octanol–water partition coefficient (Wildman–Crippen LogP) is 2.27. The fourth-order valence-electron chi connectivity index (χ4n) is 1.66. The highest BCUT2D eigenvalue weighted by molar-refractivity contribution is 5.67. The number of carbonyl (C=O) groups excluding carboxylic acids is 1. The first-order valence-corrected chi connectivity index (χ1v) is 6.04. The summed E-state index contributed by atoms with van der Waals surface area (Å²) in [4.78, 5) is 11.1. The zero-order chi connectivity index (χ0) is 12.3. The van der Waals surface area contributed by atoms with Crippen molar-refractivity contribution < 1.29 is 14.3 Å². The molecule has 4 heteroatoms. The Morgan fingerprint density at radius 3 is 3.06 bits per heavy atom. The van der Waals surface area contributed by atoms with Crippen LogP contribution >= 0.6 is 0 Å². The standard InChI is InChI=1S/C13H21NO3/c1-16-10-11-17-13(15)14-9-5-8-12-6-3-2-4-7-12/h2-3,5,8,12H,4,6-7,9-11H2,1H3,(H,14,15). The number of alkyl carbamates (subject to hydrolysis) is 1. The summed E-state index contributed by atoms with van der Waals surface area (Å²) < 4.78 is 9.63. The molecule has 0 saturated heterocycles. The fourth-order valence-corrected chi connectivity index (χ4v) is 1.66. The molecule has 0 spiro atoms. The summed E-state index contributed by atoms with van der Waals surface area (Å²) in [7, 11) is 1.57. The average Bonchev–Trinajstić information content (AvgIpc) is 2.36. The first-order valence-electron chi connectivity index (χ1n) is 6.04. The zero-order valence-corrected chi connectivity index (χ0v) is 10.4. The Labute approximate surface area is 103 Å². The molecule has 0 saturated carbocycles. The minimum atomic E-state index is -0.393. The number of rotatable bonds is 6. The summed E-state index contributed by atoms with van der Waals surface area (Å²) in [5.41, 5.74) is 0. The smallest absolute Gasteiger partial charge is 0.407 e. The Morgan fingerprint density at radius 1 is 1.47 bits per heavy atom. The van der Waals surface area contributed by atoms with Crippen molar-refractivity contribution in [1.82, 2.24) is 5.32 Å².